The molecule has 7 heteroatoms. The molecule has 0 bridgehead atoms. The number of rotatable bonds is 6. The topological polar surface area (TPSA) is 51.2 Å². The van der Waals surface area contributed by atoms with Crippen LogP contribution in [0.1, 0.15) is 25.0 Å². The molecule has 2 rings (SSSR count). The van der Waals surface area contributed by atoms with Crippen LogP contribution in [-0.2, 0) is 4.79 Å². The molecular weight excluding hydrogens is 403 g/mol. The molecule has 0 aliphatic carbocycles. The van der Waals surface area contributed by atoms with Crippen LogP contribution in [0.3, 0.4) is 0 Å². The van der Waals surface area contributed by atoms with E-state index in [1.165, 1.54) is 11.8 Å². The third kappa shape index (κ3) is 6.76. The molecule has 1 amide bonds. The van der Waals surface area contributed by atoms with E-state index in [1.54, 1.807) is 26.3 Å². The predicted molar refractivity (Wildman–Crippen MR) is 123 cm³/mol. The van der Waals surface area contributed by atoms with Gasteiger partial charge in [-0.05, 0) is 50.8 Å². The maximum Gasteiger partial charge on any atom is 0.272 e. The number of thioether (sulfide) groups is 1. The van der Waals surface area contributed by atoms with Gasteiger partial charge in [-0.3, -0.25) is 9.78 Å². The molecule has 0 aliphatic heterocycles. The van der Waals surface area contributed by atoms with E-state index < -0.39 is 25.7 Å². The minimum Gasteiger partial charge on any atom is -0.470 e. The van der Waals surface area contributed by atoms with Crippen molar-refractivity contribution < 1.29 is 13.9 Å². The summed E-state index contributed by atoms with van der Waals surface area (Å²) < 4.78 is 19.0. The average Bonchev–Trinajstić information content (AvgIpc) is 2.63. The standard InChI is InChI=1S/C22H29FN2O2SSi/c1-15-10-18(27-21(28-4)20(26)25-22(2,3)14-23)12-17-11-16(13-24-19(15)17)8-9-29(5,6)7/h10-13,21H,14H2,1-7H3,(H,25,26). The third-order valence-corrected chi connectivity index (χ3v) is 5.61. The lowest BCUT2D eigenvalue weighted by atomic mass is 10.1. The van der Waals surface area contributed by atoms with Crippen molar-refractivity contribution in [3.05, 3.63) is 35.5 Å². The summed E-state index contributed by atoms with van der Waals surface area (Å²) in [5.41, 5.74) is 4.33. The highest BCUT2D eigenvalue weighted by Crippen LogP contribution is 2.26. The summed E-state index contributed by atoms with van der Waals surface area (Å²) in [7, 11) is -1.48. The summed E-state index contributed by atoms with van der Waals surface area (Å²) in [6, 6.07) is 5.72. The first-order valence-electron chi connectivity index (χ1n) is 9.45. The Labute approximate surface area is 178 Å². The van der Waals surface area contributed by atoms with Crippen LogP contribution in [0, 0.1) is 18.4 Å². The summed E-state index contributed by atoms with van der Waals surface area (Å²) in [4.78, 5) is 17.0. The van der Waals surface area contributed by atoms with E-state index in [0.717, 1.165) is 22.0 Å². The third-order valence-electron chi connectivity index (χ3n) is 4.00. The average molecular weight is 433 g/mol. The van der Waals surface area contributed by atoms with Gasteiger partial charge in [0.05, 0.1) is 11.1 Å². The zero-order valence-corrected chi connectivity index (χ0v) is 20.0. The molecule has 156 valence electrons. The zero-order chi connectivity index (χ0) is 21.8. The maximum absolute atomic E-state index is 13.0. The molecule has 0 saturated heterocycles. The van der Waals surface area contributed by atoms with E-state index in [0.29, 0.717) is 5.75 Å². The number of nitrogens with one attached hydrogen (secondary N) is 1. The number of alkyl halides is 1. The number of nitrogens with zero attached hydrogens (tertiary/aromatic N) is 1. The first kappa shape index (κ1) is 23.2. The highest BCUT2D eigenvalue weighted by Gasteiger charge is 2.27. The highest BCUT2D eigenvalue weighted by molar-refractivity contribution is 7.99. The number of halogens is 1. The van der Waals surface area contributed by atoms with E-state index in [4.69, 9.17) is 4.74 Å². The van der Waals surface area contributed by atoms with E-state index in [9.17, 15) is 9.18 Å². The Morgan fingerprint density at radius 2 is 2.03 bits per heavy atom. The Morgan fingerprint density at radius 1 is 1.34 bits per heavy atom. The molecule has 0 saturated carbocycles. The fourth-order valence-corrected chi connectivity index (χ4v) is 3.55. The van der Waals surface area contributed by atoms with E-state index in [2.05, 4.69) is 41.4 Å². The maximum atomic E-state index is 13.0. The number of hydrogen-bond donors (Lipinski definition) is 1. The van der Waals surface area contributed by atoms with Gasteiger partial charge in [-0.15, -0.1) is 17.3 Å². The highest BCUT2D eigenvalue weighted by atomic mass is 32.2. The van der Waals surface area contributed by atoms with Crippen LogP contribution in [0.5, 0.6) is 5.75 Å². The number of aryl methyl sites for hydroxylation is 1. The Hall–Kier alpha value is -2.04. The first-order valence-corrected chi connectivity index (χ1v) is 14.2. The molecule has 29 heavy (non-hydrogen) atoms. The fourth-order valence-electron chi connectivity index (χ4n) is 2.55. The summed E-state index contributed by atoms with van der Waals surface area (Å²) in [6.07, 6.45) is 3.58. The lowest BCUT2D eigenvalue weighted by Crippen LogP contribution is -2.49. The Morgan fingerprint density at radius 3 is 2.62 bits per heavy atom. The number of aromatic nitrogens is 1. The summed E-state index contributed by atoms with van der Waals surface area (Å²) >= 11 is 1.26. The van der Waals surface area contributed by atoms with E-state index in [1.807, 2.05) is 25.1 Å². The lowest BCUT2D eigenvalue weighted by molar-refractivity contribution is -0.126. The van der Waals surface area contributed by atoms with Crippen LogP contribution >= 0.6 is 11.8 Å². The molecule has 1 unspecified atom stereocenters. The van der Waals surface area contributed by atoms with E-state index >= 15 is 0 Å². The molecule has 0 radical (unpaired) electrons. The fraction of sp³-hybridized carbons (Fsp3) is 0.455. The SMILES string of the molecule is CSC(Oc1cc(C)c2ncc(C#C[Si](C)(C)C)cc2c1)C(=O)NC(C)(C)CF. The van der Waals surface area contributed by atoms with Gasteiger partial charge in [0.2, 0.25) is 5.44 Å². The molecule has 0 fully saturated rings. The van der Waals surface area contributed by atoms with Crippen molar-refractivity contribution in [1.82, 2.24) is 10.3 Å². The molecule has 1 atom stereocenters. The minimum absolute atomic E-state index is 0.356. The van der Waals surface area contributed by atoms with Crippen molar-refractivity contribution in [2.45, 2.75) is 51.4 Å². The van der Waals surface area contributed by atoms with Crippen LogP contribution in [0.15, 0.2) is 24.4 Å². The lowest BCUT2D eigenvalue weighted by Gasteiger charge is -2.25. The van der Waals surface area contributed by atoms with Gasteiger partial charge in [0.15, 0.2) is 0 Å². The van der Waals surface area contributed by atoms with E-state index in [-0.39, 0.29) is 5.91 Å². The predicted octanol–water partition coefficient (Wildman–Crippen LogP) is 4.70. The largest absolute Gasteiger partial charge is 0.470 e. The second-order valence-electron chi connectivity index (χ2n) is 8.73. The Balaban J connectivity index is 2.32. The van der Waals surface area contributed by atoms with Gasteiger partial charge < -0.3 is 10.1 Å². The number of ether oxygens (including phenoxy) is 1. The van der Waals surface area contributed by atoms with Crippen LogP contribution in [0.25, 0.3) is 10.9 Å². The molecule has 0 spiro atoms. The Kier molecular flexibility index (Phi) is 7.36. The molecule has 1 N–H and O–H groups in total. The summed E-state index contributed by atoms with van der Waals surface area (Å²) in [6.45, 7) is 11.2. The van der Waals surface area contributed by atoms with Crippen molar-refractivity contribution >= 4 is 36.6 Å². The molecule has 1 aromatic carbocycles. The van der Waals surface area contributed by atoms with Gasteiger partial charge in [0, 0.05) is 17.1 Å². The van der Waals surface area contributed by atoms with Crippen molar-refractivity contribution in [3.8, 4) is 17.2 Å². The van der Waals surface area contributed by atoms with Crippen molar-refractivity contribution in [2.24, 2.45) is 0 Å². The van der Waals surface area contributed by atoms with Crippen molar-refractivity contribution in [1.29, 1.82) is 0 Å². The van der Waals surface area contributed by atoms with Crippen LogP contribution in [0.4, 0.5) is 4.39 Å². The van der Waals surface area contributed by atoms with Crippen molar-refractivity contribution in [3.63, 3.8) is 0 Å². The van der Waals surface area contributed by atoms with Gasteiger partial charge in [0.25, 0.3) is 5.91 Å². The zero-order valence-electron chi connectivity index (χ0n) is 18.1. The normalized spacial score (nSPS) is 12.8. The second-order valence-corrected chi connectivity index (χ2v) is 14.4. The number of pyridine rings is 1. The van der Waals surface area contributed by atoms with Crippen LogP contribution in [-0.4, -0.2) is 42.9 Å². The molecule has 1 heterocycles. The molecule has 0 aliphatic rings. The summed E-state index contributed by atoms with van der Waals surface area (Å²) in [5, 5.41) is 3.59. The van der Waals surface area contributed by atoms with Crippen LogP contribution < -0.4 is 10.1 Å². The van der Waals surface area contributed by atoms with Gasteiger partial charge in [-0.1, -0.05) is 25.6 Å². The van der Waals surface area contributed by atoms with Gasteiger partial charge in [-0.2, -0.15) is 0 Å². The van der Waals surface area contributed by atoms with Gasteiger partial charge >= 0.3 is 0 Å². The number of amides is 1. The Bertz CT molecular complexity index is 961. The monoisotopic (exact) mass is 432 g/mol. The molecule has 1 aromatic heterocycles. The minimum atomic E-state index is -1.48. The number of fused-ring (bicyclic) bond motifs is 1. The molecule has 4 nitrogen and oxygen atoms in total. The number of carbonyl (C=O) groups excluding carboxylic acids is 1. The second kappa shape index (κ2) is 9.18. The first-order chi connectivity index (χ1) is 13.4. The smallest absolute Gasteiger partial charge is 0.272 e. The van der Waals surface area contributed by atoms with Gasteiger partial charge in [0.1, 0.15) is 20.5 Å². The molecule has 2 aromatic rings. The van der Waals surface area contributed by atoms with Crippen LogP contribution in [0.2, 0.25) is 19.6 Å². The number of benzene rings is 1. The number of carbonyl (C=O) groups is 1. The van der Waals surface area contributed by atoms with Gasteiger partial charge in [-0.25, -0.2) is 4.39 Å². The van der Waals surface area contributed by atoms with Crippen molar-refractivity contribution in [2.75, 3.05) is 12.9 Å². The molecular formula is C22H29FN2O2SSi. The number of hydrogen-bond acceptors (Lipinski definition) is 4. The quantitative estimate of drug-likeness (QED) is 0.408. The summed E-state index contributed by atoms with van der Waals surface area (Å²) in [5.74, 6) is 3.44.